The van der Waals surface area contributed by atoms with Crippen LogP contribution in [0.15, 0.2) is 24.8 Å². The predicted molar refractivity (Wildman–Crippen MR) is 112 cm³/mol. The van der Waals surface area contributed by atoms with Crippen LogP contribution >= 0.6 is 0 Å². The van der Waals surface area contributed by atoms with Crippen molar-refractivity contribution in [1.82, 2.24) is 19.5 Å². The zero-order chi connectivity index (χ0) is 22.8. The zero-order valence-corrected chi connectivity index (χ0v) is 17.8. The molecule has 3 aromatic rings. The fraction of sp³-hybridized carbons (Fsp3) is 0.450. The largest absolute Gasteiger partial charge is 0.493 e. The lowest BCUT2D eigenvalue weighted by Gasteiger charge is -2.17. The maximum Gasteiger partial charge on any atom is 0.203 e. The monoisotopic (exact) mass is 447 g/mol. The van der Waals surface area contributed by atoms with Gasteiger partial charge in [0.25, 0.3) is 0 Å². The molecule has 4 rings (SSSR count). The summed E-state index contributed by atoms with van der Waals surface area (Å²) in [6.07, 6.45) is -1.51. The molecule has 4 N–H and O–H groups in total. The van der Waals surface area contributed by atoms with Crippen LogP contribution in [-0.2, 0) is 11.3 Å². The van der Waals surface area contributed by atoms with Crippen molar-refractivity contribution in [3.05, 3.63) is 30.4 Å². The Morgan fingerprint density at radius 1 is 1.03 bits per heavy atom. The van der Waals surface area contributed by atoms with E-state index in [1.165, 1.54) is 24.3 Å². The molecule has 0 spiro atoms. The molecule has 1 aromatic carbocycles. The number of nitrogens with zero attached hydrogens (tertiary/aromatic N) is 4. The highest BCUT2D eigenvalue weighted by molar-refractivity contribution is 5.82. The highest BCUT2D eigenvalue weighted by atomic mass is 16.6. The quantitative estimate of drug-likeness (QED) is 0.371. The SMILES string of the molecule is COc1ccc(CNc2ncnc3c2ncn3[C@@H]2O[C@H](CO)[C@@H](O)[C@@H]2O)c(OC)c1OC. The first-order chi connectivity index (χ1) is 15.5. The molecular weight excluding hydrogens is 422 g/mol. The van der Waals surface area contributed by atoms with Crippen LogP contribution in [0.3, 0.4) is 0 Å². The van der Waals surface area contributed by atoms with Crippen LogP contribution in [0.4, 0.5) is 5.82 Å². The first-order valence-corrected chi connectivity index (χ1v) is 9.85. The number of imidazole rings is 1. The smallest absolute Gasteiger partial charge is 0.203 e. The highest BCUT2D eigenvalue weighted by Crippen LogP contribution is 2.40. The Balaban J connectivity index is 1.61. The van der Waals surface area contributed by atoms with Gasteiger partial charge in [-0.25, -0.2) is 15.0 Å². The number of benzene rings is 1. The number of hydrogen-bond acceptors (Lipinski definition) is 11. The Morgan fingerprint density at radius 3 is 2.47 bits per heavy atom. The molecule has 1 aliphatic rings. The average molecular weight is 447 g/mol. The number of hydrogen-bond donors (Lipinski definition) is 4. The number of fused-ring (bicyclic) bond motifs is 1. The third-order valence-electron chi connectivity index (χ3n) is 5.38. The second-order valence-electron chi connectivity index (χ2n) is 7.12. The summed E-state index contributed by atoms with van der Waals surface area (Å²) in [5, 5.41) is 32.9. The van der Waals surface area contributed by atoms with Crippen LogP contribution < -0.4 is 19.5 Å². The van der Waals surface area contributed by atoms with Gasteiger partial charge in [-0.15, -0.1) is 0 Å². The number of aliphatic hydroxyl groups excluding tert-OH is 3. The van der Waals surface area contributed by atoms with Gasteiger partial charge < -0.3 is 39.6 Å². The minimum Gasteiger partial charge on any atom is -0.493 e. The summed E-state index contributed by atoms with van der Waals surface area (Å²) in [6.45, 7) is -0.0767. The van der Waals surface area contributed by atoms with Crippen LogP contribution in [0, 0.1) is 0 Å². The lowest BCUT2D eigenvalue weighted by molar-refractivity contribution is -0.0511. The van der Waals surface area contributed by atoms with E-state index in [1.807, 2.05) is 6.07 Å². The Morgan fingerprint density at radius 2 is 1.81 bits per heavy atom. The predicted octanol–water partition coefficient (Wildman–Crippen LogP) is 0.0757. The second kappa shape index (κ2) is 9.12. The summed E-state index contributed by atoms with van der Waals surface area (Å²) in [5.74, 6) is 2.02. The van der Waals surface area contributed by atoms with E-state index in [2.05, 4.69) is 20.3 Å². The number of nitrogens with one attached hydrogen (secondary N) is 1. The number of aliphatic hydroxyl groups is 3. The first-order valence-electron chi connectivity index (χ1n) is 9.85. The fourth-order valence-electron chi connectivity index (χ4n) is 3.76. The van der Waals surface area contributed by atoms with Gasteiger partial charge in [0.15, 0.2) is 34.7 Å². The molecule has 12 nitrogen and oxygen atoms in total. The van der Waals surface area contributed by atoms with Crippen molar-refractivity contribution in [3.8, 4) is 17.2 Å². The Labute approximate surface area is 183 Å². The van der Waals surface area contributed by atoms with E-state index in [0.717, 1.165) is 5.56 Å². The van der Waals surface area contributed by atoms with Crippen LogP contribution in [0.1, 0.15) is 11.8 Å². The second-order valence-corrected chi connectivity index (χ2v) is 7.12. The third kappa shape index (κ3) is 3.66. The lowest BCUT2D eigenvalue weighted by Crippen LogP contribution is -2.33. The summed E-state index contributed by atoms with van der Waals surface area (Å²) < 4.78 is 23.3. The molecule has 2 aromatic heterocycles. The fourth-order valence-corrected chi connectivity index (χ4v) is 3.76. The molecule has 0 radical (unpaired) electrons. The maximum absolute atomic E-state index is 10.3. The van der Waals surface area contributed by atoms with Gasteiger partial charge in [-0.1, -0.05) is 0 Å². The van der Waals surface area contributed by atoms with E-state index in [4.69, 9.17) is 18.9 Å². The van der Waals surface area contributed by atoms with Gasteiger partial charge in [0, 0.05) is 12.1 Å². The van der Waals surface area contributed by atoms with E-state index < -0.39 is 31.1 Å². The maximum atomic E-state index is 10.3. The molecule has 1 saturated heterocycles. The normalized spacial score (nSPS) is 22.8. The molecule has 32 heavy (non-hydrogen) atoms. The number of aromatic nitrogens is 4. The average Bonchev–Trinajstić information content (AvgIpc) is 3.37. The molecule has 0 amide bonds. The third-order valence-corrected chi connectivity index (χ3v) is 5.38. The summed E-state index contributed by atoms with van der Waals surface area (Å²) in [4.78, 5) is 12.9. The molecule has 0 aliphatic carbocycles. The van der Waals surface area contributed by atoms with Crippen LogP contribution in [-0.4, -0.2) is 81.1 Å². The molecule has 1 aliphatic heterocycles. The Kier molecular flexibility index (Phi) is 6.28. The van der Waals surface area contributed by atoms with Crippen molar-refractivity contribution in [3.63, 3.8) is 0 Å². The lowest BCUT2D eigenvalue weighted by atomic mass is 10.1. The van der Waals surface area contributed by atoms with E-state index in [9.17, 15) is 15.3 Å². The van der Waals surface area contributed by atoms with Crippen molar-refractivity contribution < 1.29 is 34.3 Å². The van der Waals surface area contributed by atoms with E-state index in [1.54, 1.807) is 20.3 Å². The standard InChI is InChI=1S/C20H25N5O7/c1-29-11-5-4-10(16(30-2)17(11)31-3)6-21-18-13-19(23-8-22-18)25(9-24-13)20-15(28)14(27)12(7-26)32-20/h4-5,8-9,12,14-15,20,26-28H,6-7H2,1-3H3,(H,21,22,23)/t12-,14-,15+,20-/m1/s1. The number of anilines is 1. The first kappa shape index (κ1) is 22.0. The number of rotatable bonds is 8. The van der Waals surface area contributed by atoms with Gasteiger partial charge in [-0.3, -0.25) is 4.57 Å². The van der Waals surface area contributed by atoms with Crippen molar-refractivity contribution in [2.45, 2.75) is 31.1 Å². The van der Waals surface area contributed by atoms with Gasteiger partial charge in [-0.05, 0) is 12.1 Å². The minimum atomic E-state index is -1.24. The number of methoxy groups -OCH3 is 3. The molecule has 172 valence electrons. The van der Waals surface area contributed by atoms with Gasteiger partial charge in [0.2, 0.25) is 5.75 Å². The highest BCUT2D eigenvalue weighted by Gasteiger charge is 2.44. The van der Waals surface area contributed by atoms with Crippen molar-refractivity contribution in [2.24, 2.45) is 0 Å². The Bertz CT molecular complexity index is 1090. The van der Waals surface area contributed by atoms with E-state index in [-0.39, 0.29) is 0 Å². The number of ether oxygens (including phenoxy) is 4. The van der Waals surface area contributed by atoms with Gasteiger partial charge in [0.1, 0.15) is 24.6 Å². The molecule has 4 atom stereocenters. The molecule has 12 heteroatoms. The zero-order valence-electron chi connectivity index (χ0n) is 17.8. The Hall–Kier alpha value is -3.19. The summed E-state index contributed by atoms with van der Waals surface area (Å²) in [6, 6.07) is 3.63. The minimum absolute atomic E-state index is 0.344. The van der Waals surface area contributed by atoms with Crippen molar-refractivity contribution in [2.75, 3.05) is 33.3 Å². The van der Waals surface area contributed by atoms with Crippen LogP contribution in [0.2, 0.25) is 0 Å². The van der Waals surface area contributed by atoms with E-state index >= 15 is 0 Å². The van der Waals surface area contributed by atoms with Crippen LogP contribution in [0.25, 0.3) is 11.2 Å². The summed E-state index contributed by atoms with van der Waals surface area (Å²) in [5.41, 5.74) is 1.65. The van der Waals surface area contributed by atoms with Crippen molar-refractivity contribution in [1.29, 1.82) is 0 Å². The molecular formula is C20H25N5O7. The van der Waals surface area contributed by atoms with E-state index in [0.29, 0.717) is 40.8 Å². The van der Waals surface area contributed by atoms with Gasteiger partial charge >= 0.3 is 0 Å². The van der Waals surface area contributed by atoms with Crippen molar-refractivity contribution >= 4 is 17.0 Å². The summed E-state index contributed by atoms with van der Waals surface area (Å²) >= 11 is 0. The molecule has 0 saturated carbocycles. The van der Waals surface area contributed by atoms with Crippen LogP contribution in [0.5, 0.6) is 17.2 Å². The van der Waals surface area contributed by atoms with Gasteiger partial charge in [0.05, 0.1) is 34.3 Å². The molecule has 0 unspecified atom stereocenters. The summed E-state index contributed by atoms with van der Waals surface area (Å²) in [7, 11) is 4.64. The van der Waals surface area contributed by atoms with Gasteiger partial charge in [-0.2, -0.15) is 0 Å². The molecule has 1 fully saturated rings. The topological polar surface area (TPSA) is 153 Å². The molecule has 3 heterocycles. The molecule has 0 bridgehead atoms.